The Morgan fingerprint density at radius 2 is 2.14 bits per heavy atom. The molecule has 1 N–H and O–H groups in total. The third kappa shape index (κ3) is 3.96. The molecular formula is C14H11Br2ClN2O2. The van der Waals surface area contributed by atoms with Crippen molar-refractivity contribution in [2.24, 2.45) is 0 Å². The Balaban J connectivity index is 2.35. The summed E-state index contributed by atoms with van der Waals surface area (Å²) in [5.74, 6) is 0.180. The number of carbonyl (C=O) groups is 1. The van der Waals surface area contributed by atoms with Crippen molar-refractivity contribution in [1.82, 2.24) is 4.98 Å². The fraction of sp³-hybridized carbons (Fsp3) is 0.143. The number of nitrogens with one attached hydrogen (secondary N) is 1. The Kier molecular flexibility index (Phi) is 5.61. The maximum Gasteiger partial charge on any atom is 0.275 e. The topological polar surface area (TPSA) is 51.2 Å². The molecule has 0 atom stereocenters. The van der Waals surface area contributed by atoms with Gasteiger partial charge in [0.15, 0.2) is 5.75 Å². The van der Waals surface area contributed by atoms with Gasteiger partial charge in [-0.3, -0.25) is 4.79 Å². The van der Waals surface area contributed by atoms with E-state index in [0.29, 0.717) is 32.0 Å². The summed E-state index contributed by atoms with van der Waals surface area (Å²) >= 11 is 12.7. The zero-order chi connectivity index (χ0) is 15.4. The van der Waals surface area contributed by atoms with Crippen LogP contribution in [0.1, 0.15) is 17.4 Å². The molecule has 0 spiro atoms. The molecule has 0 saturated carbocycles. The van der Waals surface area contributed by atoms with E-state index in [-0.39, 0.29) is 11.6 Å². The lowest BCUT2D eigenvalue weighted by Gasteiger charge is -2.14. The van der Waals surface area contributed by atoms with Gasteiger partial charge in [-0.15, -0.1) is 0 Å². The summed E-state index contributed by atoms with van der Waals surface area (Å²) in [6.45, 7) is 2.33. The Bertz CT molecular complexity index is 680. The second-order valence-corrected chi connectivity index (χ2v) is 6.13. The summed E-state index contributed by atoms with van der Waals surface area (Å²) in [4.78, 5) is 16.3. The first-order valence-corrected chi connectivity index (χ1v) is 8.03. The number of halogens is 3. The van der Waals surface area contributed by atoms with Crippen molar-refractivity contribution >= 4 is 55.1 Å². The summed E-state index contributed by atoms with van der Waals surface area (Å²) in [6.07, 6.45) is 1.55. The minimum atomic E-state index is -0.349. The molecule has 0 fully saturated rings. The Morgan fingerprint density at radius 1 is 1.38 bits per heavy atom. The maximum absolute atomic E-state index is 12.3. The van der Waals surface area contributed by atoms with Crippen LogP contribution in [0.3, 0.4) is 0 Å². The van der Waals surface area contributed by atoms with E-state index in [0.717, 1.165) is 0 Å². The number of carbonyl (C=O) groups excluding carboxylic acids is 1. The van der Waals surface area contributed by atoms with E-state index in [1.165, 1.54) is 0 Å². The van der Waals surface area contributed by atoms with Crippen LogP contribution in [0.15, 0.2) is 39.4 Å². The molecule has 1 aromatic heterocycles. The molecule has 1 amide bonds. The van der Waals surface area contributed by atoms with E-state index in [1.54, 1.807) is 30.5 Å². The van der Waals surface area contributed by atoms with Gasteiger partial charge in [-0.05, 0) is 63.0 Å². The largest absolute Gasteiger partial charge is 0.491 e. The summed E-state index contributed by atoms with van der Waals surface area (Å²) in [6, 6.07) is 6.83. The van der Waals surface area contributed by atoms with Gasteiger partial charge >= 0.3 is 0 Å². The molecule has 2 aromatic rings. The third-order valence-electron chi connectivity index (χ3n) is 2.52. The molecule has 4 nitrogen and oxygen atoms in total. The van der Waals surface area contributed by atoms with Crippen molar-refractivity contribution in [1.29, 1.82) is 0 Å². The normalized spacial score (nSPS) is 10.3. The van der Waals surface area contributed by atoms with Crippen molar-refractivity contribution in [2.75, 3.05) is 11.9 Å². The van der Waals surface area contributed by atoms with E-state index in [2.05, 4.69) is 42.2 Å². The van der Waals surface area contributed by atoms with Gasteiger partial charge in [-0.2, -0.15) is 0 Å². The highest BCUT2D eigenvalue weighted by Gasteiger charge is 2.16. The molecule has 0 saturated heterocycles. The molecule has 21 heavy (non-hydrogen) atoms. The first kappa shape index (κ1) is 16.3. The minimum absolute atomic E-state index is 0.288. The molecule has 2 rings (SSSR count). The average molecular weight is 435 g/mol. The average Bonchev–Trinajstić information content (AvgIpc) is 2.43. The van der Waals surface area contributed by atoms with Crippen molar-refractivity contribution < 1.29 is 9.53 Å². The number of pyridine rings is 1. The summed E-state index contributed by atoms with van der Waals surface area (Å²) in [5.41, 5.74) is 0.773. The van der Waals surface area contributed by atoms with E-state index >= 15 is 0 Å². The second kappa shape index (κ2) is 7.24. The van der Waals surface area contributed by atoms with Gasteiger partial charge in [-0.1, -0.05) is 11.6 Å². The summed E-state index contributed by atoms with van der Waals surface area (Å²) in [5, 5.41) is 3.25. The van der Waals surface area contributed by atoms with Gasteiger partial charge in [0.05, 0.1) is 16.8 Å². The molecule has 0 aliphatic rings. The van der Waals surface area contributed by atoms with Crippen LogP contribution in [0, 0.1) is 0 Å². The smallest absolute Gasteiger partial charge is 0.275 e. The van der Waals surface area contributed by atoms with Crippen LogP contribution in [-0.4, -0.2) is 17.5 Å². The number of aromatic nitrogens is 1. The molecule has 0 unspecified atom stereocenters. The number of amides is 1. The first-order valence-electron chi connectivity index (χ1n) is 6.06. The molecule has 0 aliphatic heterocycles. The van der Waals surface area contributed by atoms with E-state index < -0.39 is 0 Å². The monoisotopic (exact) mass is 432 g/mol. The van der Waals surface area contributed by atoms with Gasteiger partial charge < -0.3 is 10.1 Å². The van der Waals surface area contributed by atoms with E-state index in [4.69, 9.17) is 16.3 Å². The molecule has 1 heterocycles. The van der Waals surface area contributed by atoms with Gasteiger partial charge in [0.25, 0.3) is 5.91 Å². The van der Waals surface area contributed by atoms with Crippen LogP contribution in [0.4, 0.5) is 5.69 Å². The van der Waals surface area contributed by atoms with Crippen molar-refractivity contribution in [3.63, 3.8) is 0 Å². The standard InChI is InChI=1S/C14H11Br2ClN2O2/c1-2-21-13-10(16)6-8(17)7-11(13)19-14(20)12-9(15)4-3-5-18-12/h3-7H,2H2,1H3,(H,19,20). The van der Waals surface area contributed by atoms with Crippen LogP contribution < -0.4 is 10.1 Å². The lowest BCUT2D eigenvalue weighted by molar-refractivity contribution is 0.102. The fourth-order valence-electron chi connectivity index (χ4n) is 1.68. The van der Waals surface area contributed by atoms with Crippen LogP contribution in [0.25, 0.3) is 0 Å². The quantitative estimate of drug-likeness (QED) is 0.744. The van der Waals surface area contributed by atoms with Crippen LogP contribution in [-0.2, 0) is 0 Å². The number of hydrogen-bond donors (Lipinski definition) is 1. The van der Waals surface area contributed by atoms with E-state index in [1.807, 2.05) is 6.92 Å². The van der Waals surface area contributed by atoms with Crippen molar-refractivity contribution in [3.05, 3.63) is 50.1 Å². The van der Waals surface area contributed by atoms with Crippen LogP contribution >= 0.6 is 43.5 Å². The lowest BCUT2D eigenvalue weighted by atomic mass is 10.2. The van der Waals surface area contributed by atoms with E-state index in [9.17, 15) is 4.79 Å². The maximum atomic E-state index is 12.3. The van der Waals surface area contributed by atoms with Gasteiger partial charge in [0.2, 0.25) is 0 Å². The SMILES string of the molecule is CCOc1c(Br)cc(Cl)cc1NC(=O)c1ncccc1Br. The number of rotatable bonds is 4. The van der Waals surface area contributed by atoms with Gasteiger partial charge in [-0.25, -0.2) is 4.98 Å². The first-order chi connectivity index (χ1) is 10.0. The third-order valence-corrected chi connectivity index (χ3v) is 3.97. The predicted octanol–water partition coefficient (Wildman–Crippen LogP) is 4.91. The number of anilines is 1. The molecule has 0 radical (unpaired) electrons. The number of ether oxygens (including phenoxy) is 1. The summed E-state index contributed by atoms with van der Waals surface area (Å²) in [7, 11) is 0. The van der Waals surface area contributed by atoms with Gasteiger partial charge in [0.1, 0.15) is 5.69 Å². The predicted molar refractivity (Wildman–Crippen MR) is 90.2 cm³/mol. The van der Waals surface area contributed by atoms with Crippen LogP contribution in [0.2, 0.25) is 5.02 Å². The zero-order valence-electron chi connectivity index (χ0n) is 11.0. The molecule has 110 valence electrons. The number of benzene rings is 1. The molecule has 7 heteroatoms. The second-order valence-electron chi connectivity index (χ2n) is 3.99. The summed E-state index contributed by atoms with van der Waals surface area (Å²) < 4.78 is 6.82. The lowest BCUT2D eigenvalue weighted by Crippen LogP contribution is -2.15. The number of hydrogen-bond acceptors (Lipinski definition) is 3. The minimum Gasteiger partial charge on any atom is -0.491 e. The molecular weight excluding hydrogens is 423 g/mol. The van der Waals surface area contributed by atoms with Crippen LogP contribution in [0.5, 0.6) is 5.75 Å². The highest BCUT2D eigenvalue weighted by atomic mass is 79.9. The highest BCUT2D eigenvalue weighted by Crippen LogP contribution is 2.37. The van der Waals surface area contributed by atoms with Gasteiger partial charge in [0, 0.05) is 15.7 Å². The van der Waals surface area contributed by atoms with Crippen molar-refractivity contribution in [2.45, 2.75) is 6.92 Å². The Labute approximate surface area is 144 Å². The molecule has 0 bridgehead atoms. The molecule has 1 aromatic carbocycles. The number of nitrogens with zero attached hydrogens (tertiary/aromatic N) is 1. The Morgan fingerprint density at radius 3 is 2.81 bits per heavy atom. The Hall–Kier alpha value is -1.11. The highest BCUT2D eigenvalue weighted by molar-refractivity contribution is 9.10. The zero-order valence-corrected chi connectivity index (χ0v) is 14.9. The van der Waals surface area contributed by atoms with Crippen molar-refractivity contribution in [3.8, 4) is 5.75 Å². The molecule has 0 aliphatic carbocycles. The fourth-order valence-corrected chi connectivity index (χ4v) is 3.04.